The Labute approximate surface area is 781 Å². The van der Waals surface area contributed by atoms with E-state index in [0.717, 1.165) is 6.92 Å². The van der Waals surface area contributed by atoms with Crippen LogP contribution in [0.15, 0.2) is 140 Å². The monoisotopic (exact) mass is 1910 g/mol. The summed E-state index contributed by atoms with van der Waals surface area (Å²) < 4.78 is 0. The van der Waals surface area contributed by atoms with Gasteiger partial charge in [-0.15, -0.1) is 0 Å². The number of aromatic amines is 2. The number of hydrogen-bond acceptors (Lipinski definition) is 25. The van der Waals surface area contributed by atoms with Crippen LogP contribution in [0.5, 0.6) is 11.5 Å². The highest BCUT2D eigenvalue weighted by Crippen LogP contribution is 2.23. The van der Waals surface area contributed by atoms with Crippen molar-refractivity contribution in [2.75, 3.05) is 57.1 Å². The van der Waals surface area contributed by atoms with Crippen LogP contribution in [0, 0.1) is 5.41 Å². The van der Waals surface area contributed by atoms with E-state index < -0.39 is 236 Å². The number of primary amides is 1. The maximum absolute atomic E-state index is 14.7. The Bertz CT molecular complexity index is 5400. The molecule has 0 aliphatic heterocycles. The van der Waals surface area contributed by atoms with Gasteiger partial charge in [0.05, 0.1) is 45.6 Å². The first-order chi connectivity index (χ1) is 64.3. The minimum Gasteiger partial charge on any atom is -0.508 e. The molecule has 0 radical (unpaired) electrons. The van der Waals surface area contributed by atoms with Crippen molar-refractivity contribution in [2.45, 2.75) is 151 Å². The Morgan fingerprint density at radius 1 is 0.393 bits per heavy atom. The number of aliphatic hydroxyl groups excluding tert-OH is 1. The van der Waals surface area contributed by atoms with Crippen molar-refractivity contribution in [3.05, 3.63) is 168 Å². The number of carbonyl (C=O) groups excluding carboxylic acids is 17. The van der Waals surface area contributed by atoms with Gasteiger partial charge in [-0.2, -0.15) is 24.4 Å². The van der Waals surface area contributed by atoms with Crippen LogP contribution in [0.1, 0.15) is 73.8 Å². The van der Waals surface area contributed by atoms with E-state index in [1.54, 1.807) is 97.5 Å². The van der Waals surface area contributed by atoms with Crippen molar-refractivity contribution in [2.24, 2.45) is 11.5 Å². The zero-order chi connectivity index (χ0) is 99.0. The molecule has 7 rings (SSSR count). The Balaban J connectivity index is 0.998. The molecule has 0 unspecified atom stereocenters. The molecule has 0 fully saturated rings. The van der Waals surface area contributed by atoms with Gasteiger partial charge < -0.3 is 137 Å². The number of para-hydroxylation sites is 2. The fourth-order valence-electron chi connectivity index (χ4n) is 13.6. The number of hydrogen-bond donors (Lipinski definition) is 28. The number of carboxylic acids is 2. The summed E-state index contributed by atoms with van der Waals surface area (Å²) in [6.45, 7) is -2.07. The molecule has 0 saturated heterocycles. The van der Waals surface area contributed by atoms with Crippen LogP contribution < -0.4 is 102 Å². The van der Waals surface area contributed by atoms with Gasteiger partial charge in [-0.25, -0.2) is 0 Å². The van der Waals surface area contributed by atoms with Crippen molar-refractivity contribution in [1.82, 2.24) is 100 Å². The number of fused-ring (bicyclic) bond motifs is 2. The van der Waals surface area contributed by atoms with Crippen LogP contribution in [0.25, 0.3) is 21.8 Å². The van der Waals surface area contributed by atoms with Crippen molar-refractivity contribution in [3.63, 3.8) is 0 Å². The first kappa shape index (κ1) is 107. The molecule has 12 atom stereocenters. The maximum Gasteiger partial charge on any atom is 0.305 e. The van der Waals surface area contributed by atoms with Gasteiger partial charge >= 0.3 is 11.9 Å². The fourth-order valence-corrected chi connectivity index (χ4v) is 14.3. The third-order valence-electron chi connectivity index (χ3n) is 20.5. The van der Waals surface area contributed by atoms with Gasteiger partial charge in [0.25, 0.3) is 0 Å². The van der Waals surface area contributed by atoms with Crippen LogP contribution in [-0.2, 0) is 123 Å². The van der Waals surface area contributed by atoms with Gasteiger partial charge in [-0.05, 0) is 102 Å². The number of amides is 17. The molecule has 724 valence electrons. The van der Waals surface area contributed by atoms with E-state index in [1.165, 1.54) is 67.2 Å². The minimum atomic E-state index is -1.98. The molecule has 2 heterocycles. The number of carbonyl (C=O) groups is 19. The summed E-state index contributed by atoms with van der Waals surface area (Å²) >= 11 is 5.28. The van der Waals surface area contributed by atoms with Crippen molar-refractivity contribution in [1.29, 1.82) is 5.41 Å². The van der Waals surface area contributed by atoms with Gasteiger partial charge in [-0.3, -0.25) is 96.5 Å². The summed E-state index contributed by atoms with van der Waals surface area (Å²) in [7, 11) is 0. The molecule has 17 amide bonds. The molecule has 0 bridgehead atoms. The van der Waals surface area contributed by atoms with Crippen LogP contribution in [0.3, 0.4) is 0 Å². The third-order valence-corrected chi connectivity index (χ3v) is 21.5. The second kappa shape index (κ2) is 53.8. The number of thioether (sulfide) groups is 1. The number of aliphatic hydroxyl groups is 1. The van der Waals surface area contributed by atoms with Gasteiger partial charge in [-0.1, -0.05) is 91.0 Å². The van der Waals surface area contributed by atoms with Gasteiger partial charge in [0.15, 0.2) is 5.96 Å². The number of aromatic nitrogens is 2. The minimum absolute atomic E-state index is 0.0147. The molecule has 0 aliphatic carbocycles. The smallest absolute Gasteiger partial charge is 0.305 e. The van der Waals surface area contributed by atoms with E-state index in [0.29, 0.717) is 49.6 Å². The Kier molecular flexibility index (Phi) is 42.5. The Morgan fingerprint density at radius 2 is 0.756 bits per heavy atom. The summed E-state index contributed by atoms with van der Waals surface area (Å²) in [4.78, 5) is 265. The summed E-state index contributed by atoms with van der Waals surface area (Å²) in [5.74, 6) is -21.4. The van der Waals surface area contributed by atoms with Crippen LogP contribution >= 0.6 is 24.4 Å². The van der Waals surface area contributed by atoms with Gasteiger partial charge in [0, 0.05) is 85.5 Å². The molecule has 0 spiro atoms. The molecule has 2 aromatic heterocycles. The van der Waals surface area contributed by atoms with Crippen molar-refractivity contribution >= 4 is 165 Å². The van der Waals surface area contributed by atoms with Crippen LogP contribution in [-0.4, -0.2) is 283 Å². The highest BCUT2D eigenvalue weighted by atomic mass is 32.2. The molecule has 0 saturated carbocycles. The summed E-state index contributed by atoms with van der Waals surface area (Å²) in [5, 5.41) is 100. The third kappa shape index (κ3) is 36.0. The molecule has 48 heteroatoms. The number of guanidine groups is 1. The largest absolute Gasteiger partial charge is 0.508 e. The van der Waals surface area contributed by atoms with E-state index >= 15 is 0 Å². The van der Waals surface area contributed by atoms with E-state index in [2.05, 4.69) is 113 Å². The first-order valence-electron chi connectivity index (χ1n) is 42.2. The second-order valence-corrected chi connectivity index (χ2v) is 32.3. The number of carboxylic acid groups (broad SMARTS) is 2. The molecule has 46 nitrogen and oxygen atoms in total. The second-order valence-electron chi connectivity index (χ2n) is 31.0. The highest BCUT2D eigenvalue weighted by molar-refractivity contribution is 7.98. The number of phenolic OH excluding ortho intramolecular Hbond substituents is 2. The number of aliphatic carboxylic acids is 2. The molecule has 29 N–H and O–H groups in total. The lowest BCUT2D eigenvalue weighted by atomic mass is 10.0. The highest BCUT2D eigenvalue weighted by Gasteiger charge is 2.38. The number of thiol groups is 1. The average molecular weight is 1910 g/mol. The quantitative estimate of drug-likeness (QED) is 0.00731. The summed E-state index contributed by atoms with van der Waals surface area (Å²) in [6, 6.07) is 13.4. The Hall–Kier alpha value is -15.4. The first-order valence-corrected chi connectivity index (χ1v) is 44.2. The molecular formula is C87H110N22O24S2. The number of rotatable bonds is 55. The average Bonchev–Trinajstić information content (AvgIpc) is 1.70. The zero-order valence-electron chi connectivity index (χ0n) is 73.4. The SMILES string of the molecule is CSCC[C@H](NC(=O)[C@H](C)NC(=O)[C@H](Cc1ccc(O)cc1)NC(=O)[C@H](Cc1ccccc1)NC(=O)CNC(=O)[C@H](CC(=O)O)NC(=O)CNC(=O)CNC(=O)[C@H](Cc1c[nH]c2ccccc12)NC(=O)[C@H](CCCNC(=N)N)NC(=O)[C@H](CO)NC(=O)[C@H](CS)NC(C)=O)C(=O)N[C@@H](CC(=O)O)C(=O)N[C@@H](Cc1ccc(O)cc1)C(=O)N[C@@H](Cc1c[nH]c2ccccc12)C(=O)NCC(N)=O. The van der Waals surface area contributed by atoms with Crippen molar-refractivity contribution in [3.8, 4) is 11.5 Å². The van der Waals surface area contributed by atoms with E-state index in [9.17, 15) is 117 Å². The summed E-state index contributed by atoms with van der Waals surface area (Å²) in [6.07, 6.45) is 0.900. The molecule has 5 aromatic carbocycles. The Morgan fingerprint density at radius 3 is 1.22 bits per heavy atom. The van der Waals surface area contributed by atoms with Crippen molar-refractivity contribution < 1.29 is 117 Å². The number of H-pyrrole nitrogens is 2. The molecule has 135 heavy (non-hydrogen) atoms. The number of nitrogens with one attached hydrogen (secondary N) is 20. The predicted octanol–water partition coefficient (Wildman–Crippen LogP) is -5.73. The van der Waals surface area contributed by atoms with E-state index in [4.69, 9.17) is 16.9 Å². The fraction of sp³-hybridized carbons (Fsp3) is 0.379. The topological polar surface area (TPSA) is 737 Å². The maximum atomic E-state index is 14.7. The molecule has 7 aromatic rings. The number of phenols is 2. The number of aromatic hydroxyl groups is 2. The lowest BCUT2D eigenvalue weighted by Crippen LogP contribution is -2.60. The lowest BCUT2D eigenvalue weighted by Gasteiger charge is -2.27. The standard InChI is InChI=1S/C87H110N22O24S2/c1-45(75(122)102-59(27-29-135-3)80(127)108-66(36-74(120)121)84(131)105-62(32-49-21-25-53(113)26-22-49)83(130)107-63(76(123)95-39-69(88)114)33-50-37-92-56-16-9-7-14-54(50)56)98-81(128)61(31-48-19-23-52(112)24-20-48)104-82(129)60(30-47-12-5-4-6-13-47)100-72(117)42-97-78(125)65(35-73(118)119)101-71(116)41-94-70(115)40-96-77(124)64(34-51-38-93-57-17-10-8-15-55(51)57)106-79(126)58(18-11-28-91-87(89)90)103-85(132)67(43-110)109-86(133)68(44-134)99-46(2)111/h4-10,12-17,19-26,37-38,45,58-68,92-93,110,112-113,134H,11,18,27-36,39-44H2,1-3H3,(H2,88,114)(H,94,115)(H,95,123)(H,96,124)(H,97,125)(H,98,128)(H,99,111)(H,100,117)(H,101,116)(H,102,122)(H,103,132)(H,104,129)(H,105,131)(H,106,126)(H,107,130)(H,108,127)(H,109,133)(H,118,119)(H,120,121)(H4,89,90,91)/t45-,58-,59-,60-,61-,62-,63-,64-,65-,66-,67-,68-/m0/s1. The molecule has 0 aliphatic rings. The summed E-state index contributed by atoms with van der Waals surface area (Å²) in [5.41, 5.74) is 14.2. The van der Waals surface area contributed by atoms with Gasteiger partial charge in [0.1, 0.15) is 84.0 Å². The normalized spacial score (nSPS) is 13.6. The lowest BCUT2D eigenvalue weighted by molar-refractivity contribution is -0.142. The molecular weight excluding hydrogens is 1800 g/mol. The zero-order valence-corrected chi connectivity index (χ0v) is 75.1. The van der Waals surface area contributed by atoms with Gasteiger partial charge in [0.2, 0.25) is 100 Å². The number of benzene rings is 5. The van der Waals surface area contributed by atoms with Crippen LogP contribution in [0.2, 0.25) is 0 Å². The number of nitrogens with two attached hydrogens (primary N) is 2. The van der Waals surface area contributed by atoms with E-state index in [-0.39, 0.29) is 80.9 Å². The van der Waals surface area contributed by atoms with Crippen LogP contribution in [0.4, 0.5) is 0 Å². The van der Waals surface area contributed by atoms with E-state index in [1.807, 2.05) is 0 Å². The predicted molar refractivity (Wildman–Crippen MR) is 491 cm³/mol.